The number of thiophene rings is 1. The quantitative estimate of drug-likeness (QED) is 0.888. The van der Waals surface area contributed by atoms with Gasteiger partial charge in [-0.2, -0.15) is 11.3 Å². The first-order valence-corrected chi connectivity index (χ1v) is 7.24. The molecule has 0 aliphatic heterocycles. The fraction of sp³-hybridized carbons (Fsp3) is 0.417. The van der Waals surface area contributed by atoms with Gasteiger partial charge in [0.05, 0.1) is 5.01 Å². The molecule has 1 unspecified atom stereocenters. The average Bonchev–Trinajstić information content (AvgIpc) is 2.87. The summed E-state index contributed by atoms with van der Waals surface area (Å²) in [6.07, 6.45) is 3.02. The van der Waals surface area contributed by atoms with Crippen LogP contribution < -0.4 is 5.73 Å². The molecule has 0 bridgehead atoms. The molecule has 4 heteroatoms. The van der Waals surface area contributed by atoms with E-state index in [1.165, 1.54) is 5.56 Å². The molecule has 0 fully saturated rings. The van der Waals surface area contributed by atoms with E-state index < -0.39 is 0 Å². The molecule has 16 heavy (non-hydrogen) atoms. The van der Waals surface area contributed by atoms with Crippen molar-refractivity contribution in [2.24, 2.45) is 5.73 Å². The van der Waals surface area contributed by atoms with Gasteiger partial charge >= 0.3 is 0 Å². The topological polar surface area (TPSA) is 38.9 Å². The van der Waals surface area contributed by atoms with Crippen molar-refractivity contribution in [2.75, 3.05) is 0 Å². The summed E-state index contributed by atoms with van der Waals surface area (Å²) in [6.45, 7) is 2.02. The Balaban J connectivity index is 1.78. The van der Waals surface area contributed by atoms with Gasteiger partial charge in [0.25, 0.3) is 0 Å². The summed E-state index contributed by atoms with van der Waals surface area (Å²) in [4.78, 5) is 4.44. The van der Waals surface area contributed by atoms with Crippen molar-refractivity contribution in [3.63, 3.8) is 0 Å². The van der Waals surface area contributed by atoms with Crippen LogP contribution in [-0.4, -0.2) is 11.0 Å². The molecule has 0 saturated carbocycles. The summed E-state index contributed by atoms with van der Waals surface area (Å²) in [5.41, 5.74) is 8.60. The van der Waals surface area contributed by atoms with Crippen LogP contribution in [0.1, 0.15) is 22.7 Å². The summed E-state index contributed by atoms with van der Waals surface area (Å²) in [5.74, 6) is 0. The highest BCUT2D eigenvalue weighted by Gasteiger charge is 2.07. The number of aryl methyl sites for hydroxylation is 2. The van der Waals surface area contributed by atoms with E-state index in [1.807, 2.05) is 6.92 Å². The van der Waals surface area contributed by atoms with Crippen LogP contribution in [0.3, 0.4) is 0 Å². The lowest BCUT2D eigenvalue weighted by atomic mass is 10.1. The average molecular weight is 252 g/mol. The van der Waals surface area contributed by atoms with Gasteiger partial charge in [-0.3, -0.25) is 0 Å². The van der Waals surface area contributed by atoms with Gasteiger partial charge in [-0.25, -0.2) is 4.98 Å². The van der Waals surface area contributed by atoms with Gasteiger partial charge in [0.1, 0.15) is 0 Å². The first-order chi connectivity index (χ1) is 7.74. The third-order valence-corrected chi connectivity index (χ3v) is 4.21. The molecule has 0 radical (unpaired) electrons. The number of hydrogen-bond donors (Lipinski definition) is 1. The molecule has 0 amide bonds. The number of hydrogen-bond acceptors (Lipinski definition) is 4. The summed E-state index contributed by atoms with van der Waals surface area (Å²) >= 11 is 3.46. The zero-order valence-electron chi connectivity index (χ0n) is 9.35. The van der Waals surface area contributed by atoms with Gasteiger partial charge in [0.15, 0.2) is 0 Å². The second kappa shape index (κ2) is 5.57. The lowest BCUT2D eigenvalue weighted by Crippen LogP contribution is -2.23. The van der Waals surface area contributed by atoms with Crippen LogP contribution in [0.15, 0.2) is 22.2 Å². The molecule has 2 aromatic rings. The first kappa shape index (κ1) is 11.8. The maximum absolute atomic E-state index is 6.10. The minimum absolute atomic E-state index is 0.227. The zero-order valence-corrected chi connectivity index (χ0v) is 11.0. The predicted octanol–water partition coefficient (Wildman–Crippen LogP) is 3.02. The van der Waals surface area contributed by atoms with Crippen molar-refractivity contribution in [1.29, 1.82) is 0 Å². The standard InChI is InChI=1S/C12H16N2S2/c1-9-7-16-12(14-9)6-11(13)3-2-10-4-5-15-8-10/h4-5,7-8,11H,2-3,6,13H2,1H3. The number of rotatable bonds is 5. The zero-order chi connectivity index (χ0) is 11.4. The Bertz CT molecular complexity index is 420. The van der Waals surface area contributed by atoms with E-state index >= 15 is 0 Å². The first-order valence-electron chi connectivity index (χ1n) is 5.41. The highest BCUT2D eigenvalue weighted by molar-refractivity contribution is 7.09. The van der Waals surface area contributed by atoms with Crippen molar-refractivity contribution >= 4 is 22.7 Å². The molecule has 1 atom stereocenters. The molecular weight excluding hydrogens is 236 g/mol. The SMILES string of the molecule is Cc1csc(CC(N)CCc2ccsc2)n1. The van der Waals surface area contributed by atoms with Crippen molar-refractivity contribution in [3.8, 4) is 0 Å². The number of thiazole rings is 1. The third-order valence-electron chi connectivity index (χ3n) is 2.49. The number of aromatic nitrogens is 1. The minimum Gasteiger partial charge on any atom is -0.327 e. The van der Waals surface area contributed by atoms with Gasteiger partial charge in [0.2, 0.25) is 0 Å². The van der Waals surface area contributed by atoms with Crippen molar-refractivity contribution in [3.05, 3.63) is 38.5 Å². The van der Waals surface area contributed by atoms with E-state index in [1.54, 1.807) is 22.7 Å². The maximum atomic E-state index is 6.10. The number of nitrogens with two attached hydrogens (primary N) is 1. The van der Waals surface area contributed by atoms with E-state index in [2.05, 4.69) is 27.2 Å². The highest BCUT2D eigenvalue weighted by atomic mass is 32.1. The normalized spacial score (nSPS) is 12.9. The third kappa shape index (κ3) is 3.40. The molecule has 0 aliphatic carbocycles. The Morgan fingerprint density at radius 1 is 1.44 bits per heavy atom. The Morgan fingerprint density at radius 3 is 2.94 bits per heavy atom. The molecule has 0 spiro atoms. The Kier molecular flexibility index (Phi) is 4.09. The Morgan fingerprint density at radius 2 is 2.31 bits per heavy atom. The van der Waals surface area contributed by atoms with Crippen LogP contribution in [0.4, 0.5) is 0 Å². The van der Waals surface area contributed by atoms with Crippen molar-refractivity contribution in [1.82, 2.24) is 4.98 Å². The molecule has 0 aromatic carbocycles. The van der Waals surface area contributed by atoms with Gasteiger partial charge in [-0.1, -0.05) is 0 Å². The molecule has 2 rings (SSSR count). The van der Waals surface area contributed by atoms with E-state index in [0.717, 1.165) is 30.0 Å². The number of nitrogens with zero attached hydrogens (tertiary/aromatic N) is 1. The van der Waals surface area contributed by atoms with E-state index in [9.17, 15) is 0 Å². The molecule has 0 aliphatic rings. The monoisotopic (exact) mass is 252 g/mol. The molecule has 0 saturated heterocycles. The van der Waals surface area contributed by atoms with Crippen LogP contribution in [0.25, 0.3) is 0 Å². The van der Waals surface area contributed by atoms with Crippen LogP contribution in [-0.2, 0) is 12.8 Å². The van der Waals surface area contributed by atoms with E-state index in [-0.39, 0.29) is 6.04 Å². The van der Waals surface area contributed by atoms with Gasteiger partial charge < -0.3 is 5.73 Å². The van der Waals surface area contributed by atoms with Gasteiger partial charge in [-0.05, 0) is 42.2 Å². The summed E-state index contributed by atoms with van der Waals surface area (Å²) in [6, 6.07) is 2.40. The van der Waals surface area contributed by atoms with Crippen molar-refractivity contribution < 1.29 is 0 Å². The van der Waals surface area contributed by atoms with Crippen LogP contribution in [0.5, 0.6) is 0 Å². The van der Waals surface area contributed by atoms with Crippen molar-refractivity contribution in [2.45, 2.75) is 32.2 Å². The molecule has 2 nitrogen and oxygen atoms in total. The molecular formula is C12H16N2S2. The maximum Gasteiger partial charge on any atom is 0.0943 e. The highest BCUT2D eigenvalue weighted by Crippen LogP contribution is 2.14. The fourth-order valence-electron chi connectivity index (χ4n) is 1.61. The summed E-state index contributed by atoms with van der Waals surface area (Å²) in [5, 5.41) is 7.56. The molecule has 86 valence electrons. The predicted molar refractivity (Wildman–Crippen MR) is 71.2 cm³/mol. The van der Waals surface area contributed by atoms with E-state index in [4.69, 9.17) is 5.73 Å². The second-order valence-electron chi connectivity index (χ2n) is 4.02. The van der Waals surface area contributed by atoms with Gasteiger partial charge in [-0.15, -0.1) is 11.3 Å². The molecule has 2 heterocycles. The van der Waals surface area contributed by atoms with Crippen LogP contribution in [0, 0.1) is 6.92 Å². The molecule has 2 N–H and O–H groups in total. The Labute approximate surface area is 104 Å². The van der Waals surface area contributed by atoms with Gasteiger partial charge in [0, 0.05) is 23.5 Å². The summed E-state index contributed by atoms with van der Waals surface area (Å²) in [7, 11) is 0. The van der Waals surface area contributed by atoms with E-state index in [0.29, 0.717) is 0 Å². The largest absolute Gasteiger partial charge is 0.327 e. The Hall–Kier alpha value is -0.710. The lowest BCUT2D eigenvalue weighted by molar-refractivity contribution is 0.609. The lowest BCUT2D eigenvalue weighted by Gasteiger charge is -2.08. The molecule has 2 aromatic heterocycles. The minimum atomic E-state index is 0.227. The summed E-state index contributed by atoms with van der Waals surface area (Å²) < 4.78 is 0. The second-order valence-corrected chi connectivity index (χ2v) is 5.74. The smallest absolute Gasteiger partial charge is 0.0943 e. The van der Waals surface area contributed by atoms with Crippen LogP contribution in [0.2, 0.25) is 0 Å². The fourth-order valence-corrected chi connectivity index (χ4v) is 3.18. The van der Waals surface area contributed by atoms with Crippen LogP contribution >= 0.6 is 22.7 Å².